The predicted molar refractivity (Wildman–Crippen MR) is 42.8 cm³/mol. The molecule has 2 unspecified atom stereocenters. The van der Waals surface area contributed by atoms with Gasteiger partial charge in [0.15, 0.2) is 0 Å². The molecule has 70 valence electrons. The highest BCUT2D eigenvalue weighted by Crippen LogP contribution is 2.18. The van der Waals surface area contributed by atoms with Gasteiger partial charge in [-0.2, -0.15) is 0 Å². The Morgan fingerprint density at radius 2 is 1.25 bits per heavy atom. The Labute approximate surface area is 71.2 Å². The van der Waals surface area contributed by atoms with E-state index in [1.54, 1.807) is 13.8 Å². The first-order chi connectivity index (χ1) is 5.43. The van der Waals surface area contributed by atoms with Crippen molar-refractivity contribution < 1.29 is 19.8 Å². The molecule has 0 aliphatic carbocycles. The minimum Gasteiger partial charge on any atom is -0.481 e. The Kier molecular flexibility index (Phi) is 4.33. The number of hydrogen-bond donors (Lipinski definition) is 2. The van der Waals surface area contributed by atoms with E-state index in [-0.39, 0.29) is 24.7 Å². The summed E-state index contributed by atoms with van der Waals surface area (Å²) in [5.74, 6) is -1.92. The van der Waals surface area contributed by atoms with Crippen LogP contribution in [0.25, 0.3) is 0 Å². The molecule has 0 bridgehead atoms. The maximum absolute atomic E-state index is 10.3. The van der Waals surface area contributed by atoms with Crippen LogP contribution in [0.5, 0.6) is 0 Å². The van der Waals surface area contributed by atoms with Crippen LogP contribution in [0, 0.1) is 11.8 Å². The van der Waals surface area contributed by atoms with Gasteiger partial charge >= 0.3 is 11.9 Å². The SMILES string of the molecule is CC(CC(=O)O)C(C)CC(=O)O. The molecule has 0 saturated carbocycles. The van der Waals surface area contributed by atoms with Gasteiger partial charge in [0.05, 0.1) is 0 Å². The van der Waals surface area contributed by atoms with Crippen LogP contribution in [-0.4, -0.2) is 22.2 Å². The lowest BCUT2D eigenvalue weighted by molar-refractivity contribution is -0.141. The number of carboxylic acids is 2. The van der Waals surface area contributed by atoms with Crippen molar-refractivity contribution in [2.24, 2.45) is 11.8 Å². The number of rotatable bonds is 5. The van der Waals surface area contributed by atoms with Gasteiger partial charge in [-0.3, -0.25) is 9.59 Å². The van der Waals surface area contributed by atoms with Crippen LogP contribution in [0.2, 0.25) is 0 Å². The normalized spacial score (nSPS) is 15.2. The number of carboxylic acid groups (broad SMARTS) is 2. The van der Waals surface area contributed by atoms with E-state index < -0.39 is 11.9 Å². The van der Waals surface area contributed by atoms with Gasteiger partial charge in [-0.1, -0.05) is 13.8 Å². The fraction of sp³-hybridized carbons (Fsp3) is 0.750. The molecule has 0 spiro atoms. The van der Waals surface area contributed by atoms with Gasteiger partial charge in [-0.15, -0.1) is 0 Å². The summed E-state index contributed by atoms with van der Waals surface area (Å²) < 4.78 is 0. The quantitative estimate of drug-likeness (QED) is 0.656. The van der Waals surface area contributed by atoms with Crippen molar-refractivity contribution in [1.82, 2.24) is 0 Å². The molecule has 0 aliphatic rings. The topological polar surface area (TPSA) is 74.6 Å². The maximum Gasteiger partial charge on any atom is 0.303 e. The van der Waals surface area contributed by atoms with Crippen LogP contribution in [-0.2, 0) is 9.59 Å². The molecule has 0 amide bonds. The highest BCUT2D eigenvalue weighted by Gasteiger charge is 2.17. The molecular formula is C8H14O4. The lowest BCUT2D eigenvalue weighted by Crippen LogP contribution is -2.16. The van der Waals surface area contributed by atoms with Gasteiger partial charge in [-0.25, -0.2) is 0 Å². The van der Waals surface area contributed by atoms with Crippen molar-refractivity contribution in [2.75, 3.05) is 0 Å². The van der Waals surface area contributed by atoms with Crippen LogP contribution >= 0.6 is 0 Å². The van der Waals surface area contributed by atoms with Crippen molar-refractivity contribution in [1.29, 1.82) is 0 Å². The van der Waals surface area contributed by atoms with Crippen molar-refractivity contribution in [2.45, 2.75) is 26.7 Å². The summed E-state index contributed by atoms with van der Waals surface area (Å²) in [5, 5.41) is 16.8. The standard InChI is InChI=1S/C8H14O4/c1-5(3-7(9)10)6(2)4-8(11)12/h5-6H,3-4H2,1-2H3,(H,9,10)(H,11,12). The second kappa shape index (κ2) is 4.74. The molecule has 0 aromatic carbocycles. The molecule has 2 N–H and O–H groups in total. The average molecular weight is 174 g/mol. The summed E-state index contributed by atoms with van der Waals surface area (Å²) in [6.07, 6.45) is 0.0723. The highest BCUT2D eigenvalue weighted by atomic mass is 16.4. The van der Waals surface area contributed by atoms with Gasteiger partial charge in [0.1, 0.15) is 0 Å². The van der Waals surface area contributed by atoms with E-state index in [9.17, 15) is 9.59 Å². The van der Waals surface area contributed by atoms with Gasteiger partial charge < -0.3 is 10.2 Å². The second-order valence-electron chi connectivity index (χ2n) is 3.15. The van der Waals surface area contributed by atoms with Gasteiger partial charge in [0.2, 0.25) is 0 Å². The molecule has 12 heavy (non-hydrogen) atoms. The third kappa shape index (κ3) is 4.71. The summed E-state index contributed by atoms with van der Waals surface area (Å²) in [5.41, 5.74) is 0. The van der Waals surface area contributed by atoms with Gasteiger partial charge in [-0.05, 0) is 11.8 Å². The molecule has 4 heteroatoms. The smallest absolute Gasteiger partial charge is 0.303 e. The van der Waals surface area contributed by atoms with E-state index in [4.69, 9.17) is 10.2 Å². The third-order valence-electron chi connectivity index (χ3n) is 1.96. The van der Waals surface area contributed by atoms with E-state index in [1.165, 1.54) is 0 Å². The van der Waals surface area contributed by atoms with Crippen LogP contribution in [0.3, 0.4) is 0 Å². The van der Waals surface area contributed by atoms with E-state index in [1.807, 2.05) is 0 Å². The molecule has 0 heterocycles. The Morgan fingerprint density at radius 3 is 1.42 bits per heavy atom. The lowest BCUT2D eigenvalue weighted by atomic mass is 9.90. The van der Waals surface area contributed by atoms with E-state index >= 15 is 0 Å². The van der Waals surface area contributed by atoms with Crippen LogP contribution in [0.1, 0.15) is 26.7 Å². The van der Waals surface area contributed by atoms with Gasteiger partial charge in [0, 0.05) is 12.8 Å². The van der Waals surface area contributed by atoms with Crippen molar-refractivity contribution in [3.63, 3.8) is 0 Å². The molecule has 0 saturated heterocycles. The molecule has 0 radical (unpaired) electrons. The number of hydrogen-bond acceptors (Lipinski definition) is 2. The molecule has 0 rings (SSSR count). The van der Waals surface area contributed by atoms with Crippen molar-refractivity contribution >= 4 is 11.9 Å². The minimum absolute atomic E-state index is 0.0362. The fourth-order valence-electron chi connectivity index (χ4n) is 0.953. The zero-order valence-electron chi connectivity index (χ0n) is 7.28. The molecule has 2 atom stereocenters. The zero-order chi connectivity index (χ0) is 9.72. The Balaban J connectivity index is 3.83. The Bertz CT molecular complexity index is 156. The monoisotopic (exact) mass is 174 g/mol. The zero-order valence-corrected chi connectivity index (χ0v) is 7.28. The van der Waals surface area contributed by atoms with Crippen molar-refractivity contribution in [3.05, 3.63) is 0 Å². The average Bonchev–Trinajstić information content (AvgIpc) is 1.84. The molecular weight excluding hydrogens is 160 g/mol. The highest BCUT2D eigenvalue weighted by molar-refractivity contribution is 5.68. The first-order valence-corrected chi connectivity index (χ1v) is 3.87. The first-order valence-electron chi connectivity index (χ1n) is 3.87. The molecule has 0 aromatic heterocycles. The van der Waals surface area contributed by atoms with Gasteiger partial charge in [0.25, 0.3) is 0 Å². The first kappa shape index (κ1) is 10.9. The summed E-state index contributed by atoms with van der Waals surface area (Å²) >= 11 is 0. The predicted octanol–water partition coefficient (Wildman–Crippen LogP) is 1.21. The summed E-state index contributed by atoms with van der Waals surface area (Å²) in [4.78, 5) is 20.5. The molecule has 0 aromatic rings. The largest absolute Gasteiger partial charge is 0.481 e. The number of aliphatic carboxylic acids is 2. The second-order valence-corrected chi connectivity index (χ2v) is 3.15. The van der Waals surface area contributed by atoms with E-state index in [2.05, 4.69) is 0 Å². The molecule has 0 fully saturated rings. The Hall–Kier alpha value is -1.06. The van der Waals surface area contributed by atoms with Crippen LogP contribution < -0.4 is 0 Å². The number of carbonyl (C=O) groups is 2. The van der Waals surface area contributed by atoms with E-state index in [0.29, 0.717) is 0 Å². The summed E-state index contributed by atoms with van der Waals surface area (Å²) in [6.45, 7) is 3.50. The minimum atomic E-state index is -0.875. The Morgan fingerprint density at radius 1 is 1.00 bits per heavy atom. The van der Waals surface area contributed by atoms with Crippen LogP contribution in [0.4, 0.5) is 0 Å². The summed E-state index contributed by atoms with van der Waals surface area (Å²) in [7, 11) is 0. The molecule has 4 nitrogen and oxygen atoms in total. The van der Waals surface area contributed by atoms with Crippen LogP contribution in [0.15, 0.2) is 0 Å². The fourth-order valence-corrected chi connectivity index (χ4v) is 0.953. The third-order valence-corrected chi connectivity index (χ3v) is 1.96. The van der Waals surface area contributed by atoms with Crippen molar-refractivity contribution in [3.8, 4) is 0 Å². The molecule has 0 aliphatic heterocycles. The lowest BCUT2D eigenvalue weighted by Gasteiger charge is -2.15. The summed E-state index contributed by atoms with van der Waals surface area (Å²) in [6, 6.07) is 0. The maximum atomic E-state index is 10.3. The van der Waals surface area contributed by atoms with E-state index in [0.717, 1.165) is 0 Å².